The first-order chi connectivity index (χ1) is 12.9. The van der Waals surface area contributed by atoms with Crippen molar-refractivity contribution in [1.29, 1.82) is 0 Å². The summed E-state index contributed by atoms with van der Waals surface area (Å²) in [6.07, 6.45) is 2.61. The molecule has 0 saturated heterocycles. The maximum absolute atomic E-state index is 11.4. The number of anilines is 1. The molecule has 0 fully saturated rings. The molecule has 0 aliphatic rings. The van der Waals surface area contributed by atoms with E-state index in [-0.39, 0.29) is 23.9 Å². The lowest BCUT2D eigenvalue weighted by Crippen LogP contribution is -2.15. The number of aromatic nitrogens is 1. The summed E-state index contributed by atoms with van der Waals surface area (Å²) in [6, 6.07) is 6.04. The third-order valence-electron chi connectivity index (χ3n) is 3.01. The minimum Gasteiger partial charge on any atom is -0.479 e. The lowest BCUT2D eigenvalue weighted by molar-refractivity contribution is -0.385. The molecule has 2 rings (SSSR count). The number of benzene rings is 1. The number of hydrogen-bond donors (Lipinski definition) is 1. The second kappa shape index (κ2) is 9.83. The van der Waals surface area contributed by atoms with Crippen LogP contribution in [0.25, 0.3) is 0 Å². The van der Waals surface area contributed by atoms with Gasteiger partial charge in [0, 0.05) is 6.07 Å². The Morgan fingerprint density at radius 2 is 2.26 bits per heavy atom. The van der Waals surface area contributed by atoms with Crippen LogP contribution in [0.3, 0.4) is 0 Å². The first kappa shape index (κ1) is 20.6. The fourth-order valence-electron chi connectivity index (χ4n) is 1.86. The molecule has 0 spiro atoms. The number of hydrogen-bond acceptors (Lipinski definition) is 8. The molecule has 0 aliphatic carbocycles. The van der Waals surface area contributed by atoms with Gasteiger partial charge in [-0.1, -0.05) is 11.6 Å². The van der Waals surface area contributed by atoms with E-state index in [9.17, 15) is 14.9 Å². The van der Waals surface area contributed by atoms with E-state index in [1.54, 1.807) is 19.1 Å². The number of hydrazone groups is 1. The van der Waals surface area contributed by atoms with Gasteiger partial charge >= 0.3 is 5.97 Å². The van der Waals surface area contributed by atoms with Gasteiger partial charge in [-0.2, -0.15) is 5.10 Å². The molecule has 9 nitrogen and oxygen atoms in total. The van der Waals surface area contributed by atoms with Crippen LogP contribution in [0.2, 0.25) is 5.02 Å². The lowest BCUT2D eigenvalue weighted by atomic mass is 10.2. The summed E-state index contributed by atoms with van der Waals surface area (Å²) in [6.45, 7) is 1.71. The van der Waals surface area contributed by atoms with E-state index in [4.69, 9.17) is 21.1 Å². The van der Waals surface area contributed by atoms with Crippen molar-refractivity contribution < 1.29 is 19.2 Å². The van der Waals surface area contributed by atoms with E-state index in [1.807, 2.05) is 0 Å². The number of carbonyl (C=O) groups excluding carboxylic acids is 1. The van der Waals surface area contributed by atoms with Crippen molar-refractivity contribution in [2.75, 3.05) is 18.6 Å². The second-order valence-electron chi connectivity index (χ2n) is 4.94. The number of rotatable bonds is 8. The van der Waals surface area contributed by atoms with Gasteiger partial charge < -0.3 is 9.47 Å². The van der Waals surface area contributed by atoms with E-state index in [2.05, 4.69) is 31.4 Å². The van der Waals surface area contributed by atoms with Crippen LogP contribution in [0.1, 0.15) is 12.5 Å². The number of nitro groups is 1. The minimum atomic E-state index is -0.537. The van der Waals surface area contributed by atoms with Crippen molar-refractivity contribution >= 4 is 51.2 Å². The van der Waals surface area contributed by atoms with Crippen LogP contribution in [-0.4, -0.2) is 35.3 Å². The third-order valence-corrected chi connectivity index (χ3v) is 3.88. The Hall–Kier alpha value is -2.72. The van der Waals surface area contributed by atoms with Crippen LogP contribution >= 0.6 is 27.5 Å². The van der Waals surface area contributed by atoms with Crippen molar-refractivity contribution in [1.82, 2.24) is 4.98 Å². The van der Waals surface area contributed by atoms with Gasteiger partial charge in [-0.05, 0) is 46.6 Å². The van der Waals surface area contributed by atoms with Gasteiger partial charge in [-0.15, -0.1) is 0 Å². The average Bonchev–Trinajstić information content (AvgIpc) is 2.61. The summed E-state index contributed by atoms with van der Waals surface area (Å²) >= 11 is 9.50. The van der Waals surface area contributed by atoms with E-state index in [1.165, 1.54) is 18.3 Å². The Labute approximate surface area is 167 Å². The quantitative estimate of drug-likeness (QED) is 0.277. The SMILES string of the molecule is CCOC(=O)COc1c(Cl)cc(C=NNc2ccc([N+](=O)[O-])cn2)cc1Br. The highest BCUT2D eigenvalue weighted by Crippen LogP contribution is 2.34. The average molecular weight is 458 g/mol. The Balaban J connectivity index is 2.01. The van der Waals surface area contributed by atoms with Crippen molar-refractivity contribution in [3.8, 4) is 5.75 Å². The predicted molar refractivity (Wildman–Crippen MR) is 103 cm³/mol. The van der Waals surface area contributed by atoms with Gasteiger partial charge in [0.15, 0.2) is 12.4 Å². The third kappa shape index (κ3) is 6.19. The highest BCUT2D eigenvalue weighted by Gasteiger charge is 2.11. The number of nitrogens with one attached hydrogen (secondary N) is 1. The van der Waals surface area contributed by atoms with Crippen molar-refractivity contribution in [2.45, 2.75) is 6.92 Å². The highest BCUT2D eigenvalue weighted by molar-refractivity contribution is 9.10. The summed E-state index contributed by atoms with van der Waals surface area (Å²) < 4.78 is 10.7. The molecule has 0 radical (unpaired) electrons. The maximum atomic E-state index is 11.4. The topological polar surface area (TPSA) is 116 Å². The molecule has 27 heavy (non-hydrogen) atoms. The van der Waals surface area contributed by atoms with E-state index in [0.717, 1.165) is 6.20 Å². The van der Waals surface area contributed by atoms with Gasteiger partial charge in [0.05, 0.1) is 27.2 Å². The molecule has 0 saturated carbocycles. The summed E-state index contributed by atoms with van der Waals surface area (Å²) in [5, 5.41) is 14.9. The molecule has 0 amide bonds. The summed E-state index contributed by atoms with van der Waals surface area (Å²) in [5.41, 5.74) is 3.18. The Morgan fingerprint density at radius 1 is 1.48 bits per heavy atom. The van der Waals surface area contributed by atoms with Crippen LogP contribution in [0.15, 0.2) is 40.0 Å². The summed E-state index contributed by atoms with van der Waals surface area (Å²) in [5.74, 6) is 0.161. The molecule has 11 heteroatoms. The molecule has 1 N–H and O–H groups in total. The molecule has 1 heterocycles. The van der Waals surface area contributed by atoms with Gasteiger partial charge in [0.1, 0.15) is 12.0 Å². The first-order valence-electron chi connectivity index (χ1n) is 7.57. The maximum Gasteiger partial charge on any atom is 0.344 e. The van der Waals surface area contributed by atoms with Crippen molar-refractivity contribution in [2.24, 2.45) is 5.10 Å². The van der Waals surface area contributed by atoms with E-state index in [0.29, 0.717) is 21.6 Å². The van der Waals surface area contributed by atoms with E-state index < -0.39 is 10.9 Å². The number of esters is 1. The number of carbonyl (C=O) groups is 1. The fourth-order valence-corrected chi connectivity index (χ4v) is 2.85. The van der Waals surface area contributed by atoms with E-state index >= 15 is 0 Å². The van der Waals surface area contributed by atoms with Gasteiger partial charge in [-0.3, -0.25) is 15.5 Å². The predicted octanol–water partition coefficient (Wildman–Crippen LogP) is 3.79. The molecular formula is C16H14BrClN4O5. The summed E-state index contributed by atoms with van der Waals surface area (Å²) in [7, 11) is 0. The molecule has 0 atom stereocenters. The summed E-state index contributed by atoms with van der Waals surface area (Å²) in [4.78, 5) is 25.3. The number of pyridine rings is 1. The number of nitrogens with zero attached hydrogens (tertiary/aromatic N) is 3. The van der Waals surface area contributed by atoms with Crippen molar-refractivity contribution in [3.63, 3.8) is 0 Å². The van der Waals surface area contributed by atoms with Crippen LogP contribution in [0.5, 0.6) is 5.75 Å². The molecular weight excluding hydrogens is 444 g/mol. The standard InChI is InChI=1S/C16H14BrClN4O5/c1-2-26-15(23)9-27-16-12(17)5-10(6-13(16)18)7-20-21-14-4-3-11(8-19-14)22(24)25/h3-8H,2,9H2,1H3,(H,19,21). The number of halogens is 2. The zero-order valence-electron chi connectivity index (χ0n) is 14.0. The Kier molecular flexibility index (Phi) is 7.50. The minimum absolute atomic E-state index is 0.112. The van der Waals surface area contributed by atoms with Crippen LogP contribution in [-0.2, 0) is 9.53 Å². The molecule has 0 aliphatic heterocycles. The molecule has 142 valence electrons. The van der Waals surface area contributed by atoms with Crippen LogP contribution < -0.4 is 10.2 Å². The number of ether oxygens (including phenoxy) is 2. The van der Waals surface area contributed by atoms with Gasteiger partial charge in [0.25, 0.3) is 5.69 Å². The lowest BCUT2D eigenvalue weighted by Gasteiger charge is -2.10. The first-order valence-corrected chi connectivity index (χ1v) is 8.74. The Bertz CT molecular complexity index is 837. The molecule has 1 aromatic heterocycles. The molecule has 2 aromatic rings. The molecule has 0 bridgehead atoms. The zero-order valence-corrected chi connectivity index (χ0v) is 16.4. The Morgan fingerprint density at radius 3 is 2.85 bits per heavy atom. The molecule has 0 unspecified atom stereocenters. The van der Waals surface area contributed by atoms with Crippen molar-refractivity contribution in [3.05, 3.63) is 55.6 Å². The van der Waals surface area contributed by atoms with Crippen LogP contribution in [0, 0.1) is 10.1 Å². The normalized spacial score (nSPS) is 10.6. The monoisotopic (exact) mass is 456 g/mol. The van der Waals surface area contributed by atoms with Crippen LogP contribution in [0.4, 0.5) is 11.5 Å². The second-order valence-corrected chi connectivity index (χ2v) is 6.20. The zero-order chi connectivity index (χ0) is 19.8. The van der Waals surface area contributed by atoms with Gasteiger partial charge in [0.2, 0.25) is 0 Å². The smallest absolute Gasteiger partial charge is 0.344 e. The highest BCUT2D eigenvalue weighted by atomic mass is 79.9. The largest absolute Gasteiger partial charge is 0.479 e. The molecule has 1 aromatic carbocycles. The fraction of sp³-hybridized carbons (Fsp3) is 0.188. The van der Waals surface area contributed by atoms with Gasteiger partial charge in [-0.25, -0.2) is 9.78 Å².